The smallest absolute Gasteiger partial charge is 0.193 e. The summed E-state index contributed by atoms with van der Waals surface area (Å²) in [5, 5.41) is 7.63. The van der Waals surface area contributed by atoms with Gasteiger partial charge in [-0.3, -0.25) is 4.99 Å². The maximum atomic E-state index is 4.37. The van der Waals surface area contributed by atoms with E-state index in [0.717, 1.165) is 36.7 Å². The van der Waals surface area contributed by atoms with E-state index in [1.165, 1.54) is 12.8 Å². The number of unbranched alkanes of at least 4 members (excludes halogenated alkanes) is 3. The second-order valence-corrected chi connectivity index (χ2v) is 5.93. The van der Waals surface area contributed by atoms with Crippen LogP contribution < -0.4 is 5.32 Å². The molecule has 0 aliphatic heterocycles. The lowest BCUT2D eigenvalue weighted by molar-refractivity contribution is 0.455. The maximum absolute atomic E-state index is 4.37. The van der Waals surface area contributed by atoms with Crippen LogP contribution in [0, 0.1) is 0 Å². The Bertz CT molecular complexity index is 662. The molecule has 0 saturated heterocycles. The Morgan fingerprint density at radius 3 is 2.96 bits per heavy atom. The minimum absolute atomic E-state index is 0.699. The van der Waals surface area contributed by atoms with Gasteiger partial charge < -0.3 is 10.2 Å². The minimum atomic E-state index is 0.699. The number of aliphatic imine (C=N–C) groups is 1. The first kappa shape index (κ1) is 18.7. The monoisotopic (exact) mass is 340 g/mol. The standard InChI is InChI=1S/C19H28N6/c1-4-5-6-7-8-13-24(3)19(20-2)22-16-17-10-12-21-18(15-17)25-14-9-11-23-25/h4,9-12,14-15H,1,5-8,13,16H2,2-3H3,(H,20,22). The normalized spacial score (nSPS) is 11.4. The third kappa shape index (κ3) is 6.06. The van der Waals surface area contributed by atoms with E-state index in [1.54, 1.807) is 17.1 Å². The molecular formula is C19H28N6. The van der Waals surface area contributed by atoms with Crippen molar-refractivity contribution < 1.29 is 0 Å². The van der Waals surface area contributed by atoms with Crippen LogP contribution in [0.5, 0.6) is 0 Å². The molecule has 0 spiro atoms. The van der Waals surface area contributed by atoms with Gasteiger partial charge in [0.15, 0.2) is 11.8 Å². The number of hydrogen-bond acceptors (Lipinski definition) is 3. The zero-order chi connectivity index (χ0) is 17.9. The molecule has 0 unspecified atom stereocenters. The van der Waals surface area contributed by atoms with Crippen molar-refractivity contribution in [3.63, 3.8) is 0 Å². The Balaban J connectivity index is 1.84. The largest absolute Gasteiger partial charge is 0.352 e. The fraction of sp³-hybridized carbons (Fsp3) is 0.421. The Kier molecular flexibility index (Phi) is 7.69. The minimum Gasteiger partial charge on any atom is -0.352 e. The van der Waals surface area contributed by atoms with Gasteiger partial charge in [0.2, 0.25) is 0 Å². The molecule has 0 bridgehead atoms. The molecule has 0 radical (unpaired) electrons. The number of rotatable bonds is 9. The summed E-state index contributed by atoms with van der Waals surface area (Å²) in [6.07, 6.45) is 12.1. The zero-order valence-corrected chi connectivity index (χ0v) is 15.2. The van der Waals surface area contributed by atoms with Crippen LogP contribution in [0.3, 0.4) is 0 Å². The summed E-state index contributed by atoms with van der Waals surface area (Å²) in [5.41, 5.74) is 1.14. The van der Waals surface area contributed by atoms with Crippen LogP contribution in [0.1, 0.15) is 31.2 Å². The molecule has 134 valence electrons. The molecule has 0 fully saturated rings. The van der Waals surface area contributed by atoms with E-state index < -0.39 is 0 Å². The summed E-state index contributed by atoms with van der Waals surface area (Å²) in [7, 11) is 3.89. The quantitative estimate of drug-likeness (QED) is 0.330. The molecule has 2 rings (SSSR count). The summed E-state index contributed by atoms with van der Waals surface area (Å²) in [6, 6.07) is 5.92. The molecule has 1 N–H and O–H groups in total. The van der Waals surface area contributed by atoms with Crippen molar-refractivity contribution in [1.29, 1.82) is 0 Å². The van der Waals surface area contributed by atoms with Gasteiger partial charge in [0.25, 0.3) is 0 Å². The van der Waals surface area contributed by atoms with Gasteiger partial charge >= 0.3 is 0 Å². The third-order valence-electron chi connectivity index (χ3n) is 3.97. The van der Waals surface area contributed by atoms with Crippen molar-refractivity contribution in [3.8, 4) is 5.82 Å². The molecule has 2 aromatic heterocycles. The SMILES string of the molecule is C=CCCCCCN(C)C(=NC)NCc1ccnc(-n2cccn2)c1. The number of guanidine groups is 1. The molecule has 0 amide bonds. The lowest BCUT2D eigenvalue weighted by Gasteiger charge is -2.22. The number of allylic oxidation sites excluding steroid dienone is 1. The molecule has 6 nitrogen and oxygen atoms in total. The number of hydrogen-bond donors (Lipinski definition) is 1. The summed E-state index contributed by atoms with van der Waals surface area (Å²) in [5.74, 6) is 1.72. The maximum Gasteiger partial charge on any atom is 0.193 e. The Morgan fingerprint density at radius 2 is 2.24 bits per heavy atom. The van der Waals surface area contributed by atoms with E-state index in [1.807, 2.05) is 37.5 Å². The predicted octanol–water partition coefficient (Wildman–Crippen LogP) is 3.02. The number of pyridine rings is 1. The van der Waals surface area contributed by atoms with E-state index in [-0.39, 0.29) is 0 Å². The zero-order valence-electron chi connectivity index (χ0n) is 15.2. The molecule has 25 heavy (non-hydrogen) atoms. The second kappa shape index (κ2) is 10.3. The highest BCUT2D eigenvalue weighted by molar-refractivity contribution is 5.79. The molecule has 2 aromatic rings. The predicted molar refractivity (Wildman–Crippen MR) is 103 cm³/mol. The van der Waals surface area contributed by atoms with Crippen molar-refractivity contribution in [2.75, 3.05) is 20.6 Å². The van der Waals surface area contributed by atoms with E-state index in [0.29, 0.717) is 6.54 Å². The van der Waals surface area contributed by atoms with E-state index in [4.69, 9.17) is 0 Å². The van der Waals surface area contributed by atoms with Crippen molar-refractivity contribution in [3.05, 3.63) is 55.0 Å². The lowest BCUT2D eigenvalue weighted by atomic mass is 10.2. The number of nitrogens with zero attached hydrogens (tertiary/aromatic N) is 5. The van der Waals surface area contributed by atoms with Gasteiger partial charge in [0.1, 0.15) is 0 Å². The van der Waals surface area contributed by atoms with Crippen LogP contribution in [0.4, 0.5) is 0 Å². The van der Waals surface area contributed by atoms with Gasteiger partial charge in [0, 0.05) is 45.8 Å². The number of nitrogens with one attached hydrogen (secondary N) is 1. The first-order chi connectivity index (χ1) is 12.2. The highest BCUT2D eigenvalue weighted by Crippen LogP contribution is 2.06. The van der Waals surface area contributed by atoms with E-state index in [2.05, 4.69) is 38.9 Å². The Hall–Kier alpha value is -2.63. The summed E-state index contributed by atoms with van der Waals surface area (Å²) < 4.78 is 1.76. The van der Waals surface area contributed by atoms with Crippen LogP contribution in [0.25, 0.3) is 5.82 Å². The summed E-state index contributed by atoms with van der Waals surface area (Å²) in [4.78, 5) is 10.9. The first-order valence-corrected chi connectivity index (χ1v) is 8.72. The molecule has 0 aromatic carbocycles. The molecule has 6 heteroatoms. The summed E-state index contributed by atoms with van der Waals surface area (Å²) >= 11 is 0. The van der Waals surface area contributed by atoms with E-state index in [9.17, 15) is 0 Å². The Labute approximate surface area is 150 Å². The van der Waals surface area contributed by atoms with Crippen molar-refractivity contribution in [2.45, 2.75) is 32.2 Å². The fourth-order valence-corrected chi connectivity index (χ4v) is 2.59. The lowest BCUT2D eigenvalue weighted by Crippen LogP contribution is -2.39. The van der Waals surface area contributed by atoms with Gasteiger partial charge in [-0.15, -0.1) is 6.58 Å². The molecule has 0 aliphatic carbocycles. The fourth-order valence-electron chi connectivity index (χ4n) is 2.59. The first-order valence-electron chi connectivity index (χ1n) is 8.72. The van der Waals surface area contributed by atoms with Crippen molar-refractivity contribution in [1.82, 2.24) is 25.0 Å². The van der Waals surface area contributed by atoms with Gasteiger partial charge in [-0.2, -0.15) is 5.10 Å². The van der Waals surface area contributed by atoms with Crippen molar-refractivity contribution in [2.24, 2.45) is 4.99 Å². The second-order valence-electron chi connectivity index (χ2n) is 5.93. The summed E-state index contributed by atoms with van der Waals surface area (Å²) in [6.45, 7) is 5.45. The topological polar surface area (TPSA) is 58.3 Å². The average Bonchev–Trinajstić information content (AvgIpc) is 3.17. The van der Waals surface area contributed by atoms with Gasteiger partial charge in [0.05, 0.1) is 0 Å². The highest BCUT2D eigenvalue weighted by Gasteiger charge is 2.06. The van der Waals surface area contributed by atoms with Gasteiger partial charge in [-0.25, -0.2) is 9.67 Å². The van der Waals surface area contributed by atoms with Crippen LogP contribution in [-0.4, -0.2) is 46.3 Å². The van der Waals surface area contributed by atoms with Gasteiger partial charge in [-0.05, 0) is 43.0 Å². The van der Waals surface area contributed by atoms with Crippen LogP contribution in [0.2, 0.25) is 0 Å². The molecule has 0 aliphatic rings. The average molecular weight is 340 g/mol. The van der Waals surface area contributed by atoms with Crippen LogP contribution in [0.15, 0.2) is 54.4 Å². The highest BCUT2D eigenvalue weighted by atomic mass is 15.3. The molecule has 0 atom stereocenters. The third-order valence-corrected chi connectivity index (χ3v) is 3.97. The van der Waals surface area contributed by atoms with Crippen LogP contribution in [-0.2, 0) is 6.54 Å². The molecule has 2 heterocycles. The number of aromatic nitrogens is 3. The van der Waals surface area contributed by atoms with Crippen LogP contribution >= 0.6 is 0 Å². The molecule has 0 saturated carbocycles. The van der Waals surface area contributed by atoms with E-state index >= 15 is 0 Å². The van der Waals surface area contributed by atoms with Gasteiger partial charge in [-0.1, -0.05) is 12.5 Å². The molecular weight excluding hydrogens is 312 g/mol. The Morgan fingerprint density at radius 1 is 1.36 bits per heavy atom. The van der Waals surface area contributed by atoms with Crippen molar-refractivity contribution >= 4 is 5.96 Å².